The molecule has 0 amide bonds. The molecule has 0 spiro atoms. The number of furan rings is 1. The molecule has 0 radical (unpaired) electrons. The Bertz CT molecular complexity index is 479. The molecule has 0 saturated carbocycles. The van der Waals surface area contributed by atoms with Gasteiger partial charge < -0.3 is 14.8 Å². The third kappa shape index (κ3) is 2.93. The highest BCUT2D eigenvalue weighted by Gasteiger charge is 2.15. The van der Waals surface area contributed by atoms with Crippen molar-refractivity contribution in [1.29, 1.82) is 0 Å². The van der Waals surface area contributed by atoms with Gasteiger partial charge in [0.25, 0.3) is 0 Å². The van der Waals surface area contributed by atoms with Gasteiger partial charge >= 0.3 is 0 Å². The zero-order valence-corrected chi connectivity index (χ0v) is 10.8. The van der Waals surface area contributed by atoms with Gasteiger partial charge in [-0.3, -0.25) is 0 Å². The van der Waals surface area contributed by atoms with E-state index in [9.17, 15) is 5.11 Å². The van der Waals surface area contributed by atoms with E-state index in [1.165, 1.54) is 0 Å². The van der Waals surface area contributed by atoms with Crippen LogP contribution in [0.15, 0.2) is 47.1 Å². The Hall–Kier alpha value is -1.74. The van der Waals surface area contributed by atoms with Gasteiger partial charge in [0.1, 0.15) is 11.5 Å². The molecule has 0 bridgehead atoms. The largest absolute Gasteiger partial charge is 0.508 e. The van der Waals surface area contributed by atoms with Gasteiger partial charge in [0.15, 0.2) is 0 Å². The van der Waals surface area contributed by atoms with Crippen molar-refractivity contribution in [3.63, 3.8) is 0 Å². The zero-order chi connectivity index (χ0) is 13.0. The average Bonchev–Trinajstić information content (AvgIpc) is 2.89. The van der Waals surface area contributed by atoms with E-state index in [0.29, 0.717) is 5.75 Å². The van der Waals surface area contributed by atoms with Gasteiger partial charge in [-0.15, -0.1) is 0 Å². The predicted molar refractivity (Wildman–Crippen MR) is 71.4 cm³/mol. The molecule has 2 atom stereocenters. The van der Waals surface area contributed by atoms with Crippen LogP contribution in [0.2, 0.25) is 0 Å². The molecular weight excluding hydrogens is 226 g/mol. The van der Waals surface area contributed by atoms with Gasteiger partial charge in [0.05, 0.1) is 12.3 Å². The van der Waals surface area contributed by atoms with Crippen molar-refractivity contribution >= 4 is 0 Å². The molecule has 0 aliphatic heterocycles. The summed E-state index contributed by atoms with van der Waals surface area (Å²) in [4.78, 5) is 0. The van der Waals surface area contributed by atoms with Crippen LogP contribution in [0.25, 0.3) is 0 Å². The highest BCUT2D eigenvalue weighted by atomic mass is 16.3. The summed E-state index contributed by atoms with van der Waals surface area (Å²) in [6.45, 7) is 4.20. The van der Waals surface area contributed by atoms with Crippen LogP contribution in [0.3, 0.4) is 0 Å². The molecule has 2 rings (SSSR count). The molecule has 2 N–H and O–H groups in total. The molecule has 3 heteroatoms. The summed E-state index contributed by atoms with van der Waals surface area (Å²) in [6, 6.07) is 11.6. The lowest BCUT2D eigenvalue weighted by atomic mass is 10.1. The highest BCUT2D eigenvalue weighted by molar-refractivity contribution is 5.29. The Morgan fingerprint density at radius 2 is 2.11 bits per heavy atom. The maximum atomic E-state index is 9.49. The first-order valence-electron chi connectivity index (χ1n) is 6.29. The molecule has 1 aromatic heterocycles. The van der Waals surface area contributed by atoms with Crippen molar-refractivity contribution in [2.45, 2.75) is 32.4 Å². The number of phenols is 1. The van der Waals surface area contributed by atoms with Gasteiger partial charge in [-0.25, -0.2) is 0 Å². The summed E-state index contributed by atoms with van der Waals surface area (Å²) in [7, 11) is 0. The quantitative estimate of drug-likeness (QED) is 0.842. The topological polar surface area (TPSA) is 45.4 Å². The third-order valence-electron chi connectivity index (χ3n) is 3.12. The van der Waals surface area contributed by atoms with E-state index < -0.39 is 0 Å². The molecule has 2 aromatic rings. The number of hydrogen-bond acceptors (Lipinski definition) is 3. The highest BCUT2D eigenvalue weighted by Crippen LogP contribution is 2.24. The van der Waals surface area contributed by atoms with E-state index >= 15 is 0 Å². The average molecular weight is 245 g/mol. The van der Waals surface area contributed by atoms with Crippen LogP contribution in [0.5, 0.6) is 5.75 Å². The van der Waals surface area contributed by atoms with Crippen LogP contribution >= 0.6 is 0 Å². The molecule has 96 valence electrons. The lowest BCUT2D eigenvalue weighted by molar-refractivity contribution is 0.376. The fourth-order valence-corrected chi connectivity index (χ4v) is 2.08. The van der Waals surface area contributed by atoms with Gasteiger partial charge in [0, 0.05) is 6.04 Å². The Labute approximate surface area is 107 Å². The SMILES string of the molecule is CCC(NC(C)c1cccc(O)c1)c1ccco1. The normalized spacial score (nSPS) is 14.3. The van der Waals surface area contributed by atoms with Crippen LogP contribution in [0.1, 0.15) is 43.7 Å². The minimum atomic E-state index is 0.159. The molecule has 0 aliphatic rings. The first kappa shape index (κ1) is 12.7. The van der Waals surface area contributed by atoms with Crippen LogP contribution in [-0.2, 0) is 0 Å². The molecular formula is C15H19NO2. The van der Waals surface area contributed by atoms with Crippen molar-refractivity contribution in [3.05, 3.63) is 54.0 Å². The maximum Gasteiger partial charge on any atom is 0.120 e. The minimum Gasteiger partial charge on any atom is -0.508 e. The van der Waals surface area contributed by atoms with Crippen LogP contribution in [0.4, 0.5) is 0 Å². The fourth-order valence-electron chi connectivity index (χ4n) is 2.08. The summed E-state index contributed by atoms with van der Waals surface area (Å²) in [5.74, 6) is 1.25. The standard InChI is InChI=1S/C15H19NO2/c1-3-14(15-8-5-9-18-15)16-11(2)12-6-4-7-13(17)10-12/h4-11,14,16-17H,3H2,1-2H3. The molecule has 18 heavy (non-hydrogen) atoms. The lowest BCUT2D eigenvalue weighted by Gasteiger charge is -2.21. The van der Waals surface area contributed by atoms with Crippen molar-refractivity contribution in [3.8, 4) is 5.75 Å². The van der Waals surface area contributed by atoms with E-state index in [0.717, 1.165) is 17.7 Å². The first-order chi connectivity index (χ1) is 8.70. The molecule has 0 saturated heterocycles. The van der Waals surface area contributed by atoms with Crippen LogP contribution < -0.4 is 5.32 Å². The van der Waals surface area contributed by atoms with Crippen molar-refractivity contribution in [2.75, 3.05) is 0 Å². The zero-order valence-electron chi connectivity index (χ0n) is 10.8. The molecule has 2 unspecified atom stereocenters. The van der Waals surface area contributed by atoms with Gasteiger partial charge in [-0.1, -0.05) is 19.1 Å². The second kappa shape index (κ2) is 5.74. The van der Waals surface area contributed by atoms with Crippen molar-refractivity contribution in [2.24, 2.45) is 0 Å². The number of benzene rings is 1. The smallest absolute Gasteiger partial charge is 0.120 e. The number of phenolic OH excluding ortho intramolecular Hbond substituents is 1. The van der Waals surface area contributed by atoms with Crippen LogP contribution in [-0.4, -0.2) is 5.11 Å². The number of hydrogen-bond donors (Lipinski definition) is 2. The second-order valence-electron chi connectivity index (χ2n) is 4.46. The Morgan fingerprint density at radius 3 is 2.72 bits per heavy atom. The summed E-state index contributed by atoms with van der Waals surface area (Å²) >= 11 is 0. The second-order valence-corrected chi connectivity index (χ2v) is 4.46. The summed E-state index contributed by atoms with van der Waals surface area (Å²) in [5.41, 5.74) is 1.07. The molecule has 3 nitrogen and oxygen atoms in total. The molecule has 1 heterocycles. The Morgan fingerprint density at radius 1 is 1.28 bits per heavy atom. The van der Waals surface area contributed by atoms with Gasteiger partial charge in [0.2, 0.25) is 0 Å². The van der Waals surface area contributed by atoms with Gasteiger partial charge in [-0.2, -0.15) is 0 Å². The molecule has 0 fully saturated rings. The number of aromatic hydroxyl groups is 1. The predicted octanol–water partition coefficient (Wildman–Crippen LogP) is 3.79. The van der Waals surface area contributed by atoms with Crippen molar-refractivity contribution < 1.29 is 9.52 Å². The first-order valence-corrected chi connectivity index (χ1v) is 6.29. The van der Waals surface area contributed by atoms with E-state index in [2.05, 4.69) is 19.2 Å². The van der Waals surface area contributed by atoms with E-state index in [-0.39, 0.29) is 12.1 Å². The molecule has 0 aliphatic carbocycles. The third-order valence-corrected chi connectivity index (χ3v) is 3.12. The van der Waals surface area contributed by atoms with Crippen LogP contribution in [0, 0.1) is 0 Å². The monoisotopic (exact) mass is 245 g/mol. The number of rotatable bonds is 5. The van der Waals surface area contributed by atoms with Crippen molar-refractivity contribution in [1.82, 2.24) is 5.32 Å². The Balaban J connectivity index is 2.08. The fraction of sp³-hybridized carbons (Fsp3) is 0.333. The summed E-state index contributed by atoms with van der Waals surface area (Å²) in [6.07, 6.45) is 2.65. The minimum absolute atomic E-state index is 0.159. The van der Waals surface area contributed by atoms with Gasteiger partial charge in [-0.05, 0) is 43.2 Å². The maximum absolute atomic E-state index is 9.49. The van der Waals surface area contributed by atoms with E-state index in [4.69, 9.17) is 4.42 Å². The summed E-state index contributed by atoms with van der Waals surface area (Å²) in [5, 5.41) is 13.0. The summed E-state index contributed by atoms with van der Waals surface area (Å²) < 4.78 is 5.44. The lowest BCUT2D eigenvalue weighted by Crippen LogP contribution is -2.23. The van der Waals surface area contributed by atoms with E-state index in [1.54, 1.807) is 18.4 Å². The van der Waals surface area contributed by atoms with E-state index in [1.807, 2.05) is 24.3 Å². The number of nitrogens with one attached hydrogen (secondary N) is 1. The molecule has 1 aromatic carbocycles. The Kier molecular flexibility index (Phi) is 4.05.